The third kappa shape index (κ3) is 4.04. The Hall–Kier alpha value is -1.68. The van der Waals surface area contributed by atoms with Crippen molar-refractivity contribution in [2.24, 2.45) is 5.92 Å². The first-order chi connectivity index (χ1) is 11.5. The second-order valence-electron chi connectivity index (χ2n) is 7.67. The molecule has 0 spiro atoms. The lowest BCUT2D eigenvalue weighted by Crippen LogP contribution is -2.34. The van der Waals surface area contributed by atoms with E-state index in [4.69, 9.17) is 0 Å². The van der Waals surface area contributed by atoms with Gasteiger partial charge in [-0.1, -0.05) is 37.3 Å². The molecule has 0 aliphatic carbocycles. The predicted octanol–water partition coefficient (Wildman–Crippen LogP) is 3.93. The summed E-state index contributed by atoms with van der Waals surface area (Å²) in [5.41, 5.74) is 5.44. The van der Waals surface area contributed by atoms with Gasteiger partial charge in [-0.05, 0) is 55.7 Å². The summed E-state index contributed by atoms with van der Waals surface area (Å²) in [4.78, 5) is 2.58. The van der Waals surface area contributed by atoms with Crippen LogP contribution in [-0.4, -0.2) is 33.0 Å². The summed E-state index contributed by atoms with van der Waals surface area (Å²) in [6.07, 6.45) is 5.50. The molecule has 1 aromatic heterocycles. The van der Waals surface area contributed by atoms with Gasteiger partial charge in [0.1, 0.15) is 0 Å². The lowest BCUT2D eigenvalue weighted by molar-refractivity contribution is 0.171. The standard InChI is InChI=1S/C20H30N4/c1-15(2)12-18-13-24(22-21-18)19-8-10-23(11-9-19)14-20-16(3)6-5-7-17(20)4/h5-7,13,15,19H,8-12,14H2,1-4H3. The van der Waals surface area contributed by atoms with E-state index >= 15 is 0 Å². The van der Waals surface area contributed by atoms with Crippen LogP contribution in [0, 0.1) is 19.8 Å². The molecule has 1 aliphatic heterocycles. The SMILES string of the molecule is Cc1cccc(C)c1CN1CCC(n2cc(CC(C)C)nn2)CC1. The smallest absolute Gasteiger partial charge is 0.0829 e. The first-order valence-corrected chi connectivity index (χ1v) is 9.21. The van der Waals surface area contributed by atoms with Gasteiger partial charge in [-0.2, -0.15) is 0 Å². The fourth-order valence-corrected chi connectivity index (χ4v) is 3.67. The Balaban J connectivity index is 1.57. The molecule has 24 heavy (non-hydrogen) atoms. The van der Waals surface area contributed by atoms with Crippen LogP contribution in [0.25, 0.3) is 0 Å². The topological polar surface area (TPSA) is 34.0 Å². The molecule has 130 valence electrons. The fourth-order valence-electron chi connectivity index (χ4n) is 3.67. The third-order valence-electron chi connectivity index (χ3n) is 5.13. The highest BCUT2D eigenvalue weighted by Crippen LogP contribution is 2.24. The molecule has 0 saturated carbocycles. The van der Waals surface area contributed by atoms with Crippen LogP contribution in [0.1, 0.15) is 55.1 Å². The molecule has 0 N–H and O–H groups in total. The van der Waals surface area contributed by atoms with Crippen LogP contribution in [0.3, 0.4) is 0 Å². The molecule has 3 rings (SSSR count). The van der Waals surface area contributed by atoms with Crippen LogP contribution in [0.4, 0.5) is 0 Å². The van der Waals surface area contributed by atoms with Crippen molar-refractivity contribution >= 4 is 0 Å². The number of benzene rings is 1. The van der Waals surface area contributed by atoms with Crippen molar-refractivity contribution in [1.82, 2.24) is 19.9 Å². The normalized spacial score (nSPS) is 16.9. The van der Waals surface area contributed by atoms with E-state index < -0.39 is 0 Å². The monoisotopic (exact) mass is 326 g/mol. The van der Waals surface area contributed by atoms with E-state index in [1.807, 2.05) is 0 Å². The maximum absolute atomic E-state index is 4.38. The van der Waals surface area contributed by atoms with Crippen molar-refractivity contribution in [3.05, 3.63) is 46.8 Å². The van der Waals surface area contributed by atoms with Crippen LogP contribution in [0.2, 0.25) is 0 Å². The van der Waals surface area contributed by atoms with Crippen molar-refractivity contribution in [3.8, 4) is 0 Å². The minimum absolute atomic E-state index is 0.507. The minimum Gasteiger partial charge on any atom is -0.299 e. The van der Waals surface area contributed by atoms with Gasteiger partial charge in [0.05, 0.1) is 11.7 Å². The number of rotatable bonds is 5. The van der Waals surface area contributed by atoms with E-state index in [1.54, 1.807) is 0 Å². The van der Waals surface area contributed by atoms with Gasteiger partial charge < -0.3 is 0 Å². The summed E-state index contributed by atoms with van der Waals surface area (Å²) in [6, 6.07) is 7.11. The third-order valence-corrected chi connectivity index (χ3v) is 5.13. The van der Waals surface area contributed by atoms with Crippen molar-refractivity contribution in [3.63, 3.8) is 0 Å². The van der Waals surface area contributed by atoms with Crippen molar-refractivity contribution in [1.29, 1.82) is 0 Å². The van der Waals surface area contributed by atoms with E-state index in [0.717, 1.165) is 44.6 Å². The Labute approximate surface area is 145 Å². The molecular formula is C20H30N4. The van der Waals surface area contributed by atoms with Gasteiger partial charge in [0, 0.05) is 25.8 Å². The van der Waals surface area contributed by atoms with Gasteiger partial charge in [-0.3, -0.25) is 4.90 Å². The Morgan fingerprint density at radius 2 is 1.79 bits per heavy atom. The average molecular weight is 326 g/mol. The largest absolute Gasteiger partial charge is 0.299 e. The predicted molar refractivity (Wildman–Crippen MR) is 98.0 cm³/mol. The van der Waals surface area contributed by atoms with E-state index in [-0.39, 0.29) is 0 Å². The highest BCUT2D eigenvalue weighted by molar-refractivity contribution is 5.33. The van der Waals surface area contributed by atoms with E-state index in [1.165, 1.54) is 16.7 Å². The number of hydrogen-bond acceptors (Lipinski definition) is 3. The number of nitrogens with zero attached hydrogens (tertiary/aromatic N) is 4. The van der Waals surface area contributed by atoms with Gasteiger partial charge in [-0.15, -0.1) is 5.10 Å². The molecule has 4 heteroatoms. The van der Waals surface area contributed by atoms with E-state index in [9.17, 15) is 0 Å². The molecule has 0 amide bonds. The maximum Gasteiger partial charge on any atom is 0.0829 e. The molecular weight excluding hydrogens is 296 g/mol. The molecule has 1 fully saturated rings. The molecule has 1 saturated heterocycles. The first kappa shape index (κ1) is 17.2. The molecule has 0 unspecified atom stereocenters. The zero-order valence-electron chi connectivity index (χ0n) is 15.5. The summed E-state index contributed by atoms with van der Waals surface area (Å²) < 4.78 is 2.11. The minimum atomic E-state index is 0.507. The molecule has 1 aliphatic rings. The zero-order valence-corrected chi connectivity index (χ0v) is 15.5. The number of piperidine rings is 1. The Kier molecular flexibility index (Phi) is 5.34. The van der Waals surface area contributed by atoms with Gasteiger partial charge in [0.15, 0.2) is 0 Å². The van der Waals surface area contributed by atoms with Gasteiger partial charge in [-0.25, -0.2) is 4.68 Å². The quantitative estimate of drug-likeness (QED) is 0.835. The van der Waals surface area contributed by atoms with Crippen molar-refractivity contribution < 1.29 is 0 Å². The molecule has 0 bridgehead atoms. The number of aromatic nitrogens is 3. The zero-order chi connectivity index (χ0) is 17.1. The highest BCUT2D eigenvalue weighted by Gasteiger charge is 2.22. The first-order valence-electron chi connectivity index (χ1n) is 9.21. The second kappa shape index (κ2) is 7.47. The van der Waals surface area contributed by atoms with Crippen LogP contribution in [-0.2, 0) is 13.0 Å². The highest BCUT2D eigenvalue weighted by atomic mass is 15.4. The van der Waals surface area contributed by atoms with Gasteiger partial charge in [0.2, 0.25) is 0 Å². The number of aryl methyl sites for hydroxylation is 2. The molecule has 4 nitrogen and oxygen atoms in total. The number of likely N-dealkylation sites (tertiary alicyclic amines) is 1. The Morgan fingerprint density at radius 1 is 1.12 bits per heavy atom. The Bertz CT molecular complexity index is 646. The van der Waals surface area contributed by atoms with Crippen LogP contribution in [0.5, 0.6) is 0 Å². The summed E-state index contributed by atoms with van der Waals surface area (Å²) in [5, 5.41) is 8.72. The molecule has 0 atom stereocenters. The fraction of sp³-hybridized carbons (Fsp3) is 0.600. The second-order valence-corrected chi connectivity index (χ2v) is 7.67. The lowest BCUT2D eigenvalue weighted by Gasteiger charge is -2.32. The van der Waals surface area contributed by atoms with E-state index in [0.29, 0.717) is 12.0 Å². The van der Waals surface area contributed by atoms with Crippen LogP contribution in [0.15, 0.2) is 24.4 Å². The molecule has 2 heterocycles. The summed E-state index contributed by atoms with van der Waals surface area (Å²) in [5.74, 6) is 0.634. The van der Waals surface area contributed by atoms with E-state index in [2.05, 4.69) is 72.0 Å². The van der Waals surface area contributed by atoms with Crippen LogP contribution >= 0.6 is 0 Å². The Morgan fingerprint density at radius 3 is 2.42 bits per heavy atom. The maximum atomic E-state index is 4.38. The average Bonchev–Trinajstić information content (AvgIpc) is 2.99. The van der Waals surface area contributed by atoms with Crippen LogP contribution < -0.4 is 0 Å². The molecule has 1 aromatic carbocycles. The van der Waals surface area contributed by atoms with Crippen molar-refractivity contribution in [2.75, 3.05) is 13.1 Å². The lowest BCUT2D eigenvalue weighted by atomic mass is 10.00. The van der Waals surface area contributed by atoms with Gasteiger partial charge in [0.25, 0.3) is 0 Å². The van der Waals surface area contributed by atoms with Crippen molar-refractivity contribution in [2.45, 2.75) is 59.5 Å². The number of hydrogen-bond donors (Lipinski definition) is 0. The molecule has 2 aromatic rings. The summed E-state index contributed by atoms with van der Waals surface area (Å²) in [7, 11) is 0. The molecule has 0 radical (unpaired) electrons. The summed E-state index contributed by atoms with van der Waals surface area (Å²) in [6.45, 7) is 12.2. The summed E-state index contributed by atoms with van der Waals surface area (Å²) >= 11 is 0. The van der Waals surface area contributed by atoms with Gasteiger partial charge >= 0.3 is 0 Å².